The molecule has 2 rings (SSSR count). The molecule has 1 aliphatic carbocycles. The average molecular weight is 291 g/mol. The van der Waals surface area contributed by atoms with Crippen LogP contribution in [0.15, 0.2) is 29.4 Å². The average Bonchev–Trinajstić information content (AvgIpc) is 2.51. The van der Waals surface area contributed by atoms with Crippen molar-refractivity contribution >= 4 is 5.84 Å². The van der Waals surface area contributed by atoms with Crippen molar-refractivity contribution in [3.63, 3.8) is 0 Å². The number of nitrogens with two attached hydrogens (primary N) is 1. The summed E-state index contributed by atoms with van der Waals surface area (Å²) < 4.78 is 5.69. The summed E-state index contributed by atoms with van der Waals surface area (Å²) in [6.45, 7) is 3.83. The molecular weight excluding hydrogens is 266 g/mol. The smallest absolute Gasteiger partial charge is 0.170 e. The van der Waals surface area contributed by atoms with Crippen LogP contribution >= 0.6 is 0 Å². The quantitative estimate of drug-likeness (QED) is 0.247. The van der Waals surface area contributed by atoms with Gasteiger partial charge in [-0.15, -0.1) is 0 Å². The van der Waals surface area contributed by atoms with Crippen molar-refractivity contribution in [2.24, 2.45) is 16.8 Å². The molecule has 5 heteroatoms. The van der Waals surface area contributed by atoms with Gasteiger partial charge in [0.15, 0.2) is 5.84 Å². The second-order valence-electron chi connectivity index (χ2n) is 5.78. The van der Waals surface area contributed by atoms with E-state index >= 15 is 0 Å². The maximum atomic E-state index is 8.60. The van der Waals surface area contributed by atoms with Crippen LogP contribution in [0.5, 0.6) is 5.75 Å². The molecule has 1 aliphatic rings. The number of hydrogen-bond acceptors (Lipinski definition) is 4. The molecule has 0 spiro atoms. The normalized spacial score (nSPS) is 23.0. The third-order valence-corrected chi connectivity index (χ3v) is 4.00. The zero-order valence-electron chi connectivity index (χ0n) is 12.6. The largest absolute Gasteiger partial charge is 0.492 e. The van der Waals surface area contributed by atoms with Gasteiger partial charge in [0.25, 0.3) is 0 Å². The third kappa shape index (κ3) is 4.93. The van der Waals surface area contributed by atoms with E-state index in [9.17, 15) is 0 Å². The molecule has 5 nitrogen and oxygen atoms in total. The Kier molecular flexibility index (Phi) is 5.87. The van der Waals surface area contributed by atoms with Crippen molar-refractivity contribution in [1.29, 1.82) is 0 Å². The molecule has 4 N–H and O–H groups in total. The van der Waals surface area contributed by atoms with Crippen molar-refractivity contribution in [3.8, 4) is 5.75 Å². The predicted octanol–water partition coefficient (Wildman–Crippen LogP) is 2.33. The highest BCUT2D eigenvalue weighted by Gasteiger charge is 2.17. The topological polar surface area (TPSA) is 79.9 Å². The Morgan fingerprint density at radius 2 is 2.14 bits per heavy atom. The van der Waals surface area contributed by atoms with E-state index in [2.05, 4.69) is 17.4 Å². The molecule has 0 saturated heterocycles. The highest BCUT2D eigenvalue weighted by molar-refractivity contribution is 5.97. The van der Waals surface area contributed by atoms with Crippen molar-refractivity contribution in [3.05, 3.63) is 29.8 Å². The zero-order chi connectivity index (χ0) is 15.1. The molecule has 1 saturated carbocycles. The van der Waals surface area contributed by atoms with Crippen LogP contribution in [0.25, 0.3) is 0 Å². The Morgan fingerprint density at radius 1 is 1.38 bits per heavy atom. The van der Waals surface area contributed by atoms with Crippen LogP contribution in [-0.4, -0.2) is 30.2 Å². The van der Waals surface area contributed by atoms with Gasteiger partial charge in [0, 0.05) is 18.2 Å². The predicted molar refractivity (Wildman–Crippen MR) is 83.9 cm³/mol. The van der Waals surface area contributed by atoms with Gasteiger partial charge in [0.05, 0.1) is 0 Å². The first-order valence-electron chi connectivity index (χ1n) is 7.63. The standard InChI is InChI=1S/C16H25N3O2/c1-12-3-2-4-14(11-12)18-9-10-21-15-7-5-13(6-8-15)16(17)19-20/h5-8,12,14,18,20H,2-4,9-11H2,1H3,(H2,17,19). The van der Waals surface area contributed by atoms with E-state index in [0.29, 0.717) is 18.2 Å². The number of oxime groups is 1. The lowest BCUT2D eigenvalue weighted by molar-refractivity contribution is 0.266. The minimum atomic E-state index is 0.106. The number of rotatable bonds is 6. The molecular formula is C16H25N3O2. The second-order valence-corrected chi connectivity index (χ2v) is 5.78. The fourth-order valence-electron chi connectivity index (χ4n) is 2.83. The van der Waals surface area contributed by atoms with E-state index in [1.165, 1.54) is 25.7 Å². The highest BCUT2D eigenvalue weighted by atomic mass is 16.5. The lowest BCUT2D eigenvalue weighted by Gasteiger charge is -2.27. The summed E-state index contributed by atoms with van der Waals surface area (Å²) >= 11 is 0. The van der Waals surface area contributed by atoms with Gasteiger partial charge in [-0.2, -0.15) is 0 Å². The first-order chi connectivity index (χ1) is 10.2. The molecule has 1 fully saturated rings. The third-order valence-electron chi connectivity index (χ3n) is 4.00. The SMILES string of the molecule is CC1CCCC(NCCOc2ccc(C(N)=NO)cc2)C1. The van der Waals surface area contributed by atoms with Gasteiger partial charge >= 0.3 is 0 Å². The molecule has 2 atom stereocenters. The Balaban J connectivity index is 1.69. The molecule has 1 aromatic rings. The van der Waals surface area contributed by atoms with Crippen LogP contribution in [0, 0.1) is 5.92 Å². The molecule has 0 radical (unpaired) electrons. The van der Waals surface area contributed by atoms with E-state index in [0.717, 1.165) is 18.2 Å². The van der Waals surface area contributed by atoms with Crippen LogP contribution in [-0.2, 0) is 0 Å². The Labute approximate surface area is 126 Å². The first-order valence-corrected chi connectivity index (χ1v) is 7.63. The van der Waals surface area contributed by atoms with Gasteiger partial charge in [0.1, 0.15) is 12.4 Å². The van der Waals surface area contributed by atoms with Gasteiger partial charge in [-0.1, -0.05) is 24.9 Å². The van der Waals surface area contributed by atoms with Gasteiger partial charge in [0.2, 0.25) is 0 Å². The number of nitrogens with one attached hydrogen (secondary N) is 1. The summed E-state index contributed by atoms with van der Waals surface area (Å²) in [7, 11) is 0. The molecule has 116 valence electrons. The van der Waals surface area contributed by atoms with Crippen molar-refractivity contribution < 1.29 is 9.94 Å². The fraction of sp³-hybridized carbons (Fsp3) is 0.562. The van der Waals surface area contributed by atoms with E-state index in [1.54, 1.807) is 12.1 Å². The van der Waals surface area contributed by atoms with Gasteiger partial charge < -0.3 is 21.0 Å². The molecule has 21 heavy (non-hydrogen) atoms. The summed E-state index contributed by atoms with van der Waals surface area (Å²) in [6, 6.07) is 7.85. The number of hydrogen-bond donors (Lipinski definition) is 3. The molecule has 0 bridgehead atoms. The van der Waals surface area contributed by atoms with E-state index < -0.39 is 0 Å². The van der Waals surface area contributed by atoms with E-state index in [4.69, 9.17) is 15.7 Å². The molecule has 0 aromatic heterocycles. The molecule has 0 heterocycles. The number of ether oxygens (including phenoxy) is 1. The van der Waals surface area contributed by atoms with Crippen molar-refractivity contribution in [1.82, 2.24) is 5.32 Å². The maximum absolute atomic E-state index is 8.60. The van der Waals surface area contributed by atoms with E-state index in [1.807, 2.05) is 12.1 Å². The van der Waals surface area contributed by atoms with Gasteiger partial charge in [-0.3, -0.25) is 0 Å². The second kappa shape index (κ2) is 7.88. The summed E-state index contributed by atoms with van der Waals surface area (Å²) in [6.07, 6.45) is 5.24. The van der Waals surface area contributed by atoms with Gasteiger partial charge in [-0.25, -0.2) is 0 Å². The minimum Gasteiger partial charge on any atom is -0.492 e. The van der Waals surface area contributed by atoms with Crippen LogP contribution in [0.4, 0.5) is 0 Å². The zero-order valence-corrected chi connectivity index (χ0v) is 12.6. The lowest BCUT2D eigenvalue weighted by atomic mass is 9.87. The van der Waals surface area contributed by atoms with Crippen LogP contribution in [0.1, 0.15) is 38.2 Å². The number of benzene rings is 1. The summed E-state index contributed by atoms with van der Waals surface area (Å²) in [4.78, 5) is 0. The molecule has 1 aromatic carbocycles. The maximum Gasteiger partial charge on any atom is 0.170 e. The number of nitrogens with zero attached hydrogens (tertiary/aromatic N) is 1. The molecule has 2 unspecified atom stereocenters. The lowest BCUT2D eigenvalue weighted by Crippen LogP contribution is -2.36. The van der Waals surface area contributed by atoms with Crippen molar-refractivity contribution in [2.45, 2.75) is 38.6 Å². The fourth-order valence-corrected chi connectivity index (χ4v) is 2.83. The van der Waals surface area contributed by atoms with Crippen molar-refractivity contribution in [2.75, 3.05) is 13.2 Å². The summed E-state index contributed by atoms with van der Waals surface area (Å²) in [5, 5.41) is 15.1. The van der Waals surface area contributed by atoms with Crippen LogP contribution < -0.4 is 15.8 Å². The van der Waals surface area contributed by atoms with Crippen LogP contribution in [0.3, 0.4) is 0 Å². The number of amidine groups is 1. The van der Waals surface area contributed by atoms with Crippen LogP contribution in [0.2, 0.25) is 0 Å². The molecule has 0 amide bonds. The Bertz CT molecular complexity index is 459. The summed E-state index contributed by atoms with van der Waals surface area (Å²) in [5.74, 6) is 1.74. The first kappa shape index (κ1) is 15.6. The van der Waals surface area contributed by atoms with E-state index in [-0.39, 0.29) is 5.84 Å². The van der Waals surface area contributed by atoms with Gasteiger partial charge in [-0.05, 0) is 43.0 Å². The minimum absolute atomic E-state index is 0.106. The summed E-state index contributed by atoms with van der Waals surface area (Å²) in [5.41, 5.74) is 6.19. The highest BCUT2D eigenvalue weighted by Crippen LogP contribution is 2.23. The monoisotopic (exact) mass is 291 g/mol. The Hall–Kier alpha value is -1.75. The Morgan fingerprint density at radius 3 is 2.81 bits per heavy atom. The molecule has 0 aliphatic heterocycles.